The Balaban J connectivity index is 0.749. The molecule has 286 valence electrons. The number of phenols is 1. The first kappa shape index (κ1) is 36.0. The molecule has 5 aliphatic rings. The average molecular weight is 737 g/mol. The zero-order valence-electron chi connectivity index (χ0n) is 32.2. The number of hydrogen-bond acceptors (Lipinski definition) is 6. The fourth-order valence-corrected chi connectivity index (χ4v) is 10.8. The molecule has 4 heterocycles. The quantitative estimate of drug-likeness (QED) is 0.186. The van der Waals surface area contributed by atoms with Gasteiger partial charge in [0.15, 0.2) is 0 Å². The lowest BCUT2D eigenvalue weighted by molar-refractivity contribution is -0.134. The highest BCUT2D eigenvalue weighted by atomic mass is 16.3. The summed E-state index contributed by atoms with van der Waals surface area (Å²) in [6.07, 6.45) is 10.8. The molecule has 7 nitrogen and oxygen atoms in total. The molecule has 2 amide bonds. The second kappa shape index (κ2) is 15.5. The van der Waals surface area contributed by atoms with Gasteiger partial charge < -0.3 is 19.8 Å². The molecule has 1 spiro atoms. The summed E-state index contributed by atoms with van der Waals surface area (Å²) in [5.74, 6) is 1.31. The standard InChI is InChI=1S/C48H56N4O3/c53-41-15-17-43-38(32-41)10-16-42(35-4-2-1-3-5-35)46(43)37-8-13-39(14-9-37)51-26-20-34(21-27-51)33-50-28-22-48(23-29-50)24-30-52(31-25-48)40-11-6-36(7-12-40)44-18-19-45(54)49-47(44)55/h1-9,11-15,17,32,34,42,44,46,53H,10,16,18-31,33H2,(H,49,54,55)/t42-,44?,46+/m1/s1. The van der Waals surface area contributed by atoms with Gasteiger partial charge in [-0.2, -0.15) is 0 Å². The summed E-state index contributed by atoms with van der Waals surface area (Å²) in [5, 5.41) is 12.7. The highest BCUT2D eigenvalue weighted by molar-refractivity contribution is 6.00. The molecule has 0 aromatic heterocycles. The van der Waals surface area contributed by atoms with Gasteiger partial charge in [0.05, 0.1) is 5.92 Å². The summed E-state index contributed by atoms with van der Waals surface area (Å²) in [7, 11) is 0. The first-order chi connectivity index (χ1) is 26.9. The monoisotopic (exact) mass is 736 g/mol. The molecule has 0 bridgehead atoms. The molecule has 9 rings (SSSR count). The SMILES string of the molecule is O=C1CCC(c2ccc(N3CCC4(CCN(CC5CCN(c6ccc([C@@H]7c8ccc(O)cc8CC[C@@H]7c7ccccc7)cc6)CC5)CC4)CC3)cc2)C(=O)N1. The van der Waals surface area contributed by atoms with Crippen molar-refractivity contribution in [2.45, 2.75) is 82.0 Å². The summed E-state index contributed by atoms with van der Waals surface area (Å²) in [6.45, 7) is 8.17. The molecule has 7 heteroatoms. The van der Waals surface area contributed by atoms with Crippen LogP contribution in [0.4, 0.5) is 11.4 Å². The van der Waals surface area contributed by atoms with E-state index in [4.69, 9.17) is 0 Å². The minimum atomic E-state index is -0.218. The number of amides is 2. The van der Waals surface area contributed by atoms with Gasteiger partial charge in [-0.3, -0.25) is 14.9 Å². The van der Waals surface area contributed by atoms with Crippen LogP contribution in [0.25, 0.3) is 0 Å². The molecule has 4 saturated heterocycles. The molecule has 1 aliphatic carbocycles. The molecule has 1 unspecified atom stereocenters. The summed E-state index contributed by atoms with van der Waals surface area (Å²) < 4.78 is 0. The van der Waals surface area contributed by atoms with Crippen LogP contribution < -0.4 is 15.1 Å². The fraction of sp³-hybridized carbons (Fsp3) is 0.458. The molecule has 55 heavy (non-hydrogen) atoms. The molecule has 4 aromatic rings. The van der Waals surface area contributed by atoms with E-state index < -0.39 is 0 Å². The zero-order valence-corrected chi connectivity index (χ0v) is 32.2. The van der Waals surface area contributed by atoms with E-state index in [1.54, 1.807) is 0 Å². The second-order valence-electron chi connectivity index (χ2n) is 17.3. The average Bonchev–Trinajstić information content (AvgIpc) is 3.22. The van der Waals surface area contributed by atoms with E-state index in [-0.39, 0.29) is 23.7 Å². The Kier molecular flexibility index (Phi) is 10.2. The lowest BCUT2D eigenvalue weighted by Gasteiger charge is -2.48. The van der Waals surface area contributed by atoms with Crippen molar-refractivity contribution >= 4 is 23.2 Å². The molecular formula is C48H56N4O3. The number of imide groups is 1. The van der Waals surface area contributed by atoms with Crippen LogP contribution in [0.2, 0.25) is 0 Å². The van der Waals surface area contributed by atoms with Crippen LogP contribution in [0.5, 0.6) is 5.75 Å². The molecule has 0 saturated carbocycles. The number of likely N-dealkylation sites (tertiary alicyclic amines) is 1. The van der Waals surface area contributed by atoms with Crippen LogP contribution in [0, 0.1) is 11.3 Å². The number of nitrogens with zero attached hydrogens (tertiary/aromatic N) is 3. The predicted molar refractivity (Wildman–Crippen MR) is 220 cm³/mol. The molecule has 4 aliphatic heterocycles. The number of carbonyl (C=O) groups is 2. The largest absolute Gasteiger partial charge is 0.508 e. The van der Waals surface area contributed by atoms with Gasteiger partial charge in [-0.05, 0) is 152 Å². The van der Waals surface area contributed by atoms with Crippen LogP contribution in [0.3, 0.4) is 0 Å². The number of carbonyl (C=O) groups excluding carboxylic acids is 2. The van der Waals surface area contributed by atoms with Crippen molar-refractivity contribution in [1.29, 1.82) is 0 Å². The third kappa shape index (κ3) is 7.65. The second-order valence-corrected chi connectivity index (χ2v) is 17.3. The van der Waals surface area contributed by atoms with E-state index in [1.165, 1.54) is 91.8 Å². The maximum atomic E-state index is 12.3. The number of nitrogens with one attached hydrogen (secondary N) is 1. The summed E-state index contributed by atoms with van der Waals surface area (Å²) in [4.78, 5) is 31.8. The minimum absolute atomic E-state index is 0.159. The van der Waals surface area contributed by atoms with E-state index in [2.05, 4.69) is 105 Å². The third-order valence-corrected chi connectivity index (χ3v) is 14.2. The molecule has 4 fully saturated rings. The maximum absolute atomic E-state index is 12.3. The zero-order chi connectivity index (χ0) is 37.4. The van der Waals surface area contributed by atoms with Gasteiger partial charge in [0.1, 0.15) is 5.75 Å². The van der Waals surface area contributed by atoms with E-state index in [9.17, 15) is 14.7 Å². The van der Waals surface area contributed by atoms with Crippen molar-refractivity contribution in [3.05, 3.63) is 125 Å². The topological polar surface area (TPSA) is 76.1 Å². The van der Waals surface area contributed by atoms with Crippen molar-refractivity contribution in [3.63, 3.8) is 0 Å². The first-order valence-electron chi connectivity index (χ1n) is 21.0. The lowest BCUT2D eigenvalue weighted by atomic mass is 9.69. The maximum Gasteiger partial charge on any atom is 0.234 e. The molecule has 4 aromatic carbocycles. The minimum Gasteiger partial charge on any atom is -0.508 e. The number of aryl methyl sites for hydroxylation is 1. The number of phenolic OH excluding ortho intramolecular Hbond substituents is 1. The van der Waals surface area contributed by atoms with Crippen molar-refractivity contribution in [2.24, 2.45) is 11.3 Å². The van der Waals surface area contributed by atoms with Gasteiger partial charge in [-0.25, -0.2) is 0 Å². The number of fused-ring (bicyclic) bond motifs is 1. The fourth-order valence-electron chi connectivity index (χ4n) is 10.8. The van der Waals surface area contributed by atoms with E-state index in [0.717, 1.165) is 50.5 Å². The molecule has 0 radical (unpaired) electrons. The van der Waals surface area contributed by atoms with Gasteiger partial charge in [0.2, 0.25) is 11.8 Å². The smallest absolute Gasteiger partial charge is 0.234 e. The van der Waals surface area contributed by atoms with Crippen LogP contribution in [0.15, 0.2) is 97.1 Å². The lowest BCUT2D eigenvalue weighted by Crippen LogP contribution is -2.48. The number of piperidine rings is 4. The van der Waals surface area contributed by atoms with Crippen LogP contribution >= 0.6 is 0 Å². The number of aromatic hydroxyl groups is 1. The Hall–Kier alpha value is -4.62. The third-order valence-electron chi connectivity index (χ3n) is 14.2. The number of anilines is 2. The highest BCUT2D eigenvalue weighted by Crippen LogP contribution is 2.47. The summed E-state index contributed by atoms with van der Waals surface area (Å²) >= 11 is 0. The Labute approximate surface area is 326 Å². The normalized spacial score (nSPS) is 24.8. The first-order valence-corrected chi connectivity index (χ1v) is 21.0. The van der Waals surface area contributed by atoms with Crippen LogP contribution in [-0.2, 0) is 16.0 Å². The van der Waals surface area contributed by atoms with Gasteiger partial charge in [-0.1, -0.05) is 60.7 Å². The van der Waals surface area contributed by atoms with Gasteiger partial charge >= 0.3 is 0 Å². The van der Waals surface area contributed by atoms with E-state index in [1.807, 2.05) is 12.1 Å². The Morgan fingerprint density at radius 1 is 0.636 bits per heavy atom. The molecular weight excluding hydrogens is 681 g/mol. The number of rotatable bonds is 7. The molecule has 3 atom stereocenters. The Bertz CT molecular complexity index is 1950. The number of hydrogen-bond donors (Lipinski definition) is 2. The van der Waals surface area contributed by atoms with Crippen LogP contribution in [0.1, 0.15) is 103 Å². The van der Waals surface area contributed by atoms with E-state index in [0.29, 0.717) is 29.9 Å². The van der Waals surface area contributed by atoms with Crippen LogP contribution in [-0.4, -0.2) is 67.6 Å². The summed E-state index contributed by atoms with van der Waals surface area (Å²) in [5.41, 5.74) is 9.50. The number of benzene rings is 4. The van der Waals surface area contributed by atoms with Crippen molar-refractivity contribution in [2.75, 3.05) is 55.6 Å². The Morgan fingerprint density at radius 3 is 1.95 bits per heavy atom. The summed E-state index contributed by atoms with van der Waals surface area (Å²) in [6, 6.07) is 35.0. The van der Waals surface area contributed by atoms with Gasteiger partial charge in [0.25, 0.3) is 0 Å². The molecule has 2 N–H and O–H groups in total. The van der Waals surface area contributed by atoms with Crippen molar-refractivity contribution < 1.29 is 14.7 Å². The van der Waals surface area contributed by atoms with Gasteiger partial charge in [-0.15, -0.1) is 0 Å². The van der Waals surface area contributed by atoms with Crippen molar-refractivity contribution in [1.82, 2.24) is 10.2 Å². The van der Waals surface area contributed by atoms with Gasteiger partial charge in [0, 0.05) is 56.4 Å². The predicted octanol–water partition coefficient (Wildman–Crippen LogP) is 8.37. The van der Waals surface area contributed by atoms with Crippen molar-refractivity contribution in [3.8, 4) is 5.75 Å². The van der Waals surface area contributed by atoms with E-state index >= 15 is 0 Å². The highest BCUT2D eigenvalue weighted by Gasteiger charge is 2.38. The Morgan fingerprint density at radius 2 is 1.27 bits per heavy atom.